The number of hydrogen-bond acceptors (Lipinski definition) is 6. The molecule has 0 bridgehead atoms. The third-order valence-electron chi connectivity index (χ3n) is 4.02. The SMILES string of the molecule is COC(=O)[C@H]1CCCN(C(=O)c2ccc(OCC(N)=O)c(OC)c2)C1. The Kier molecular flexibility index (Phi) is 6.21. The van der Waals surface area contributed by atoms with E-state index in [-0.39, 0.29) is 24.4 Å². The fourth-order valence-electron chi connectivity index (χ4n) is 2.77. The molecule has 1 atom stereocenters. The van der Waals surface area contributed by atoms with Crippen LogP contribution >= 0.6 is 0 Å². The van der Waals surface area contributed by atoms with Crippen molar-refractivity contribution >= 4 is 17.8 Å². The number of benzene rings is 1. The number of ether oxygens (including phenoxy) is 3. The fourth-order valence-corrected chi connectivity index (χ4v) is 2.77. The number of likely N-dealkylation sites (tertiary alicyclic amines) is 1. The van der Waals surface area contributed by atoms with E-state index in [1.54, 1.807) is 23.1 Å². The molecule has 0 unspecified atom stereocenters. The number of carbonyl (C=O) groups is 3. The number of carbonyl (C=O) groups excluding carboxylic acids is 3. The van der Waals surface area contributed by atoms with Gasteiger partial charge in [-0.15, -0.1) is 0 Å². The second-order valence-electron chi connectivity index (χ2n) is 5.73. The lowest BCUT2D eigenvalue weighted by molar-refractivity contribution is -0.146. The second-order valence-corrected chi connectivity index (χ2v) is 5.73. The molecule has 1 aromatic rings. The van der Waals surface area contributed by atoms with Gasteiger partial charge in [-0.25, -0.2) is 0 Å². The van der Waals surface area contributed by atoms with Crippen LogP contribution in [0.1, 0.15) is 23.2 Å². The average molecular weight is 350 g/mol. The molecule has 0 aromatic heterocycles. The summed E-state index contributed by atoms with van der Waals surface area (Å²) < 4.78 is 15.2. The Balaban J connectivity index is 2.13. The van der Waals surface area contributed by atoms with E-state index in [4.69, 9.17) is 19.9 Å². The van der Waals surface area contributed by atoms with Crippen molar-refractivity contribution in [3.63, 3.8) is 0 Å². The van der Waals surface area contributed by atoms with E-state index >= 15 is 0 Å². The highest BCUT2D eigenvalue weighted by Gasteiger charge is 2.29. The van der Waals surface area contributed by atoms with Crippen LogP contribution in [0.25, 0.3) is 0 Å². The first-order valence-corrected chi connectivity index (χ1v) is 7.92. The van der Waals surface area contributed by atoms with Gasteiger partial charge in [-0.3, -0.25) is 14.4 Å². The summed E-state index contributed by atoms with van der Waals surface area (Å²) in [5.74, 6) is -0.761. The third kappa shape index (κ3) is 4.62. The number of nitrogens with two attached hydrogens (primary N) is 1. The third-order valence-corrected chi connectivity index (χ3v) is 4.02. The Morgan fingerprint density at radius 1 is 1.24 bits per heavy atom. The number of methoxy groups -OCH3 is 2. The Hall–Kier alpha value is -2.77. The predicted octanol–water partition coefficient (Wildman–Crippen LogP) is 0.584. The molecule has 2 rings (SSSR count). The largest absolute Gasteiger partial charge is 0.493 e. The van der Waals surface area contributed by atoms with Crippen LogP contribution in [0, 0.1) is 5.92 Å². The first-order valence-electron chi connectivity index (χ1n) is 7.92. The quantitative estimate of drug-likeness (QED) is 0.752. The minimum absolute atomic E-state index is 0.201. The van der Waals surface area contributed by atoms with E-state index in [0.717, 1.165) is 6.42 Å². The molecule has 2 N–H and O–H groups in total. The molecule has 1 heterocycles. The molecule has 1 aromatic carbocycles. The number of piperidine rings is 1. The van der Waals surface area contributed by atoms with Gasteiger partial charge in [0.2, 0.25) is 0 Å². The molecule has 25 heavy (non-hydrogen) atoms. The smallest absolute Gasteiger partial charge is 0.310 e. The van der Waals surface area contributed by atoms with Crippen LogP contribution in [0.15, 0.2) is 18.2 Å². The number of amides is 2. The van der Waals surface area contributed by atoms with Crippen LogP contribution in [0.3, 0.4) is 0 Å². The number of primary amides is 1. The van der Waals surface area contributed by atoms with Crippen molar-refractivity contribution < 1.29 is 28.6 Å². The van der Waals surface area contributed by atoms with Gasteiger partial charge in [0.1, 0.15) is 0 Å². The molecule has 0 spiro atoms. The van der Waals surface area contributed by atoms with Gasteiger partial charge in [-0.1, -0.05) is 0 Å². The number of hydrogen-bond donors (Lipinski definition) is 1. The van der Waals surface area contributed by atoms with E-state index < -0.39 is 5.91 Å². The van der Waals surface area contributed by atoms with E-state index in [0.29, 0.717) is 36.6 Å². The summed E-state index contributed by atoms with van der Waals surface area (Å²) >= 11 is 0. The highest BCUT2D eigenvalue weighted by atomic mass is 16.5. The van der Waals surface area contributed by atoms with Gasteiger partial charge in [-0.05, 0) is 31.0 Å². The molecule has 8 heteroatoms. The lowest BCUT2D eigenvalue weighted by Gasteiger charge is -2.31. The molecule has 1 aliphatic heterocycles. The number of nitrogens with zero attached hydrogens (tertiary/aromatic N) is 1. The zero-order chi connectivity index (χ0) is 18.4. The topological polar surface area (TPSA) is 108 Å². The molecular formula is C17H22N2O6. The van der Waals surface area contributed by atoms with E-state index in [9.17, 15) is 14.4 Å². The zero-order valence-electron chi connectivity index (χ0n) is 14.3. The molecule has 1 aliphatic rings. The summed E-state index contributed by atoms with van der Waals surface area (Å²) in [6, 6.07) is 4.68. The number of rotatable bonds is 6. The molecule has 0 saturated carbocycles. The molecule has 136 valence electrons. The average Bonchev–Trinajstić information content (AvgIpc) is 2.64. The lowest BCUT2D eigenvalue weighted by atomic mass is 9.97. The van der Waals surface area contributed by atoms with E-state index in [1.165, 1.54) is 14.2 Å². The summed E-state index contributed by atoms with van der Waals surface area (Å²) in [5, 5.41) is 0. The van der Waals surface area contributed by atoms with Gasteiger partial charge >= 0.3 is 5.97 Å². The van der Waals surface area contributed by atoms with Gasteiger partial charge in [0.25, 0.3) is 11.8 Å². The summed E-state index contributed by atoms with van der Waals surface area (Å²) in [6.45, 7) is 0.624. The van der Waals surface area contributed by atoms with Crippen molar-refractivity contribution in [2.24, 2.45) is 11.7 Å². The molecule has 2 amide bonds. The van der Waals surface area contributed by atoms with Crippen molar-refractivity contribution in [1.82, 2.24) is 4.90 Å². The Morgan fingerprint density at radius 3 is 2.64 bits per heavy atom. The van der Waals surface area contributed by atoms with Gasteiger partial charge in [0, 0.05) is 18.7 Å². The van der Waals surface area contributed by atoms with Gasteiger partial charge < -0.3 is 24.8 Å². The lowest BCUT2D eigenvalue weighted by Crippen LogP contribution is -2.42. The van der Waals surface area contributed by atoms with Crippen molar-refractivity contribution in [2.45, 2.75) is 12.8 Å². The molecule has 0 aliphatic carbocycles. The van der Waals surface area contributed by atoms with Crippen molar-refractivity contribution in [2.75, 3.05) is 33.9 Å². The minimum Gasteiger partial charge on any atom is -0.493 e. The molecule has 0 radical (unpaired) electrons. The van der Waals surface area contributed by atoms with Crippen LogP contribution < -0.4 is 15.2 Å². The predicted molar refractivity (Wildman–Crippen MR) is 88.3 cm³/mol. The van der Waals surface area contributed by atoms with Gasteiger partial charge in [-0.2, -0.15) is 0 Å². The van der Waals surface area contributed by atoms with Crippen LogP contribution in [0.2, 0.25) is 0 Å². The monoisotopic (exact) mass is 350 g/mol. The minimum atomic E-state index is -0.607. The summed E-state index contributed by atoms with van der Waals surface area (Å²) in [6.07, 6.45) is 1.45. The maximum Gasteiger partial charge on any atom is 0.310 e. The van der Waals surface area contributed by atoms with Crippen LogP contribution in [0.5, 0.6) is 11.5 Å². The highest BCUT2D eigenvalue weighted by Crippen LogP contribution is 2.29. The standard InChI is InChI=1S/C17H22N2O6/c1-23-14-8-11(5-6-13(14)25-10-15(18)20)16(21)19-7-3-4-12(9-19)17(22)24-2/h5-6,8,12H,3-4,7,9-10H2,1-2H3,(H2,18,20)/t12-/m0/s1. The molecular weight excluding hydrogens is 328 g/mol. The second kappa shape index (κ2) is 8.36. The normalized spacial score (nSPS) is 16.9. The first kappa shape index (κ1) is 18.6. The maximum absolute atomic E-state index is 12.7. The fraction of sp³-hybridized carbons (Fsp3) is 0.471. The first-order chi connectivity index (χ1) is 12.0. The highest BCUT2D eigenvalue weighted by molar-refractivity contribution is 5.95. The molecule has 1 saturated heterocycles. The summed E-state index contributed by atoms with van der Waals surface area (Å²) in [4.78, 5) is 36.9. The van der Waals surface area contributed by atoms with Crippen molar-refractivity contribution in [1.29, 1.82) is 0 Å². The maximum atomic E-state index is 12.7. The van der Waals surface area contributed by atoms with Crippen LogP contribution in [0.4, 0.5) is 0 Å². The Bertz CT molecular complexity index is 661. The van der Waals surface area contributed by atoms with Crippen molar-refractivity contribution in [3.8, 4) is 11.5 Å². The molecule has 8 nitrogen and oxygen atoms in total. The number of esters is 1. The van der Waals surface area contributed by atoms with E-state index in [1.807, 2.05) is 0 Å². The van der Waals surface area contributed by atoms with Crippen LogP contribution in [-0.2, 0) is 14.3 Å². The molecule has 1 fully saturated rings. The Labute approximate surface area is 145 Å². The van der Waals surface area contributed by atoms with Crippen molar-refractivity contribution in [3.05, 3.63) is 23.8 Å². The summed E-state index contributed by atoms with van der Waals surface area (Å²) in [5.41, 5.74) is 5.46. The van der Waals surface area contributed by atoms with Gasteiger partial charge in [0.15, 0.2) is 18.1 Å². The Morgan fingerprint density at radius 2 is 2.00 bits per heavy atom. The zero-order valence-corrected chi connectivity index (χ0v) is 14.3. The van der Waals surface area contributed by atoms with Gasteiger partial charge in [0.05, 0.1) is 20.1 Å². The summed E-state index contributed by atoms with van der Waals surface area (Å²) in [7, 11) is 2.79. The van der Waals surface area contributed by atoms with Crippen LogP contribution in [-0.4, -0.2) is 56.6 Å². The van der Waals surface area contributed by atoms with E-state index in [2.05, 4.69) is 0 Å².